The molecular weight excluding hydrogens is 472 g/mol. The minimum absolute atomic E-state index is 0.246. The Kier molecular flexibility index (Phi) is 14.7. The van der Waals surface area contributed by atoms with Crippen LogP contribution in [0.1, 0.15) is 76.3 Å². The van der Waals surface area contributed by atoms with Gasteiger partial charge in [-0.15, -0.1) is 6.58 Å². The van der Waals surface area contributed by atoms with Crippen molar-refractivity contribution in [1.29, 1.82) is 0 Å². The number of rotatable bonds is 18. The lowest BCUT2D eigenvalue weighted by atomic mass is 9.70. The van der Waals surface area contributed by atoms with Crippen molar-refractivity contribution in [3.8, 4) is 0 Å². The van der Waals surface area contributed by atoms with Gasteiger partial charge in [0, 0.05) is 35.9 Å². The van der Waals surface area contributed by atoms with Gasteiger partial charge in [0.25, 0.3) is 0 Å². The van der Waals surface area contributed by atoms with E-state index in [0.717, 1.165) is 50.4 Å². The molecular formula is C30H49ClN2OS. The Morgan fingerprint density at radius 2 is 2.11 bits per heavy atom. The first-order valence-corrected chi connectivity index (χ1v) is 14.9. The van der Waals surface area contributed by atoms with Gasteiger partial charge in [-0.2, -0.15) is 0 Å². The van der Waals surface area contributed by atoms with Gasteiger partial charge in [-0.1, -0.05) is 68.1 Å². The molecule has 1 saturated carbocycles. The molecule has 0 radical (unpaired) electrons. The van der Waals surface area contributed by atoms with E-state index in [0.29, 0.717) is 23.0 Å². The zero-order valence-electron chi connectivity index (χ0n) is 22.8. The monoisotopic (exact) mass is 520 g/mol. The minimum Gasteiger partial charge on any atom is -0.374 e. The van der Waals surface area contributed by atoms with Crippen molar-refractivity contribution in [3.05, 3.63) is 59.2 Å². The van der Waals surface area contributed by atoms with E-state index in [1.165, 1.54) is 30.4 Å². The third-order valence-corrected chi connectivity index (χ3v) is 8.34. The molecule has 0 aliphatic heterocycles. The fourth-order valence-electron chi connectivity index (χ4n) is 5.40. The van der Waals surface area contributed by atoms with Crippen LogP contribution in [0.25, 0.3) is 0 Å². The van der Waals surface area contributed by atoms with E-state index >= 15 is 0 Å². The summed E-state index contributed by atoms with van der Waals surface area (Å²) in [5, 5.41) is 1.47. The molecule has 0 spiro atoms. The van der Waals surface area contributed by atoms with E-state index in [4.69, 9.17) is 16.3 Å². The molecule has 0 saturated heterocycles. The Labute approximate surface area is 225 Å². The summed E-state index contributed by atoms with van der Waals surface area (Å²) in [5.74, 6) is 1.78. The third-order valence-electron chi connectivity index (χ3n) is 7.24. The molecule has 0 heterocycles. The average molecular weight is 521 g/mol. The number of nitrogens with zero attached hydrogens (tertiary/aromatic N) is 1. The first-order chi connectivity index (χ1) is 16.9. The molecule has 0 amide bonds. The van der Waals surface area contributed by atoms with Crippen molar-refractivity contribution in [3.63, 3.8) is 0 Å². The van der Waals surface area contributed by atoms with Crippen LogP contribution in [0, 0.1) is 11.8 Å². The van der Waals surface area contributed by atoms with E-state index in [2.05, 4.69) is 74.4 Å². The van der Waals surface area contributed by atoms with Crippen LogP contribution in [-0.2, 0) is 11.2 Å². The van der Waals surface area contributed by atoms with Gasteiger partial charge in [-0.05, 0) is 94.6 Å². The highest BCUT2D eigenvalue weighted by molar-refractivity contribution is 7.97. The van der Waals surface area contributed by atoms with Crippen molar-refractivity contribution in [2.45, 2.75) is 83.0 Å². The van der Waals surface area contributed by atoms with Gasteiger partial charge in [-0.3, -0.25) is 4.72 Å². The summed E-state index contributed by atoms with van der Waals surface area (Å²) < 4.78 is 9.40. The highest BCUT2D eigenvalue weighted by Gasteiger charge is 2.37. The van der Waals surface area contributed by atoms with Gasteiger partial charge in [0.05, 0.1) is 6.10 Å². The number of aryl methyl sites for hydroxylation is 1. The molecule has 1 aromatic carbocycles. The lowest BCUT2D eigenvalue weighted by Gasteiger charge is -2.43. The number of allylic oxidation sites excluding steroid dienone is 2. The number of hydrogen-bond donors (Lipinski definition) is 1. The maximum Gasteiger partial charge on any atom is 0.0786 e. The van der Waals surface area contributed by atoms with Crippen LogP contribution in [0.3, 0.4) is 0 Å². The fraction of sp³-hybridized carbons (Fsp3) is 0.667. The zero-order valence-corrected chi connectivity index (χ0v) is 24.3. The molecule has 1 fully saturated rings. The standard InChI is InChI=1S/C30H49ClN2OS/c1-7-12-24-20-27(31)17-19-28(24)25(13-8-2)21-33(6)22-26-16-18-29(26)30(34-9-3)15-11-10-14-23(4)35-32-5/h8,11,15,17,19-20,23,25-26,29-30,32H,2,7,9-10,12-14,16,18,21-22H2,1,3-6H3/b15-11+. The maximum atomic E-state index is 6.33. The molecule has 0 aromatic heterocycles. The van der Waals surface area contributed by atoms with E-state index in [1.54, 1.807) is 11.9 Å². The summed E-state index contributed by atoms with van der Waals surface area (Å²) in [6.07, 6.45) is 15.1. The molecule has 5 atom stereocenters. The predicted molar refractivity (Wildman–Crippen MR) is 157 cm³/mol. The summed E-state index contributed by atoms with van der Waals surface area (Å²) >= 11 is 8.14. The number of ether oxygens (including phenoxy) is 1. The van der Waals surface area contributed by atoms with Crippen LogP contribution in [0.4, 0.5) is 0 Å². The third kappa shape index (κ3) is 10.2. The summed E-state index contributed by atoms with van der Waals surface area (Å²) in [6.45, 7) is 13.6. The normalized spacial score (nSPS) is 20.7. The Balaban J connectivity index is 1.97. The van der Waals surface area contributed by atoms with Gasteiger partial charge in [0.1, 0.15) is 0 Å². The van der Waals surface area contributed by atoms with Crippen molar-refractivity contribution < 1.29 is 4.74 Å². The summed E-state index contributed by atoms with van der Waals surface area (Å²) in [6, 6.07) is 6.45. The van der Waals surface area contributed by atoms with Crippen molar-refractivity contribution in [2.24, 2.45) is 11.8 Å². The maximum absolute atomic E-state index is 6.33. The quantitative estimate of drug-likeness (QED) is 0.157. The van der Waals surface area contributed by atoms with Gasteiger partial charge < -0.3 is 9.64 Å². The van der Waals surface area contributed by atoms with E-state index in [9.17, 15) is 0 Å². The molecule has 2 rings (SSSR count). The van der Waals surface area contributed by atoms with Gasteiger partial charge in [-0.25, -0.2) is 0 Å². The van der Waals surface area contributed by atoms with Crippen LogP contribution >= 0.6 is 23.5 Å². The van der Waals surface area contributed by atoms with Gasteiger partial charge >= 0.3 is 0 Å². The van der Waals surface area contributed by atoms with Gasteiger partial charge in [0.2, 0.25) is 0 Å². The number of nitrogens with one attached hydrogen (secondary N) is 1. The SMILES string of the molecule is C=CCC(CN(C)CC1CCC1C(/C=C/CCC(C)SNC)OCC)c1ccc(Cl)cc1CCC. The van der Waals surface area contributed by atoms with E-state index in [1.807, 2.05) is 13.1 Å². The largest absolute Gasteiger partial charge is 0.374 e. The Morgan fingerprint density at radius 1 is 1.31 bits per heavy atom. The van der Waals surface area contributed by atoms with Gasteiger partial charge in [0.15, 0.2) is 0 Å². The summed E-state index contributed by atoms with van der Waals surface area (Å²) in [5.41, 5.74) is 2.83. The Hall–Kier alpha value is -0.780. The second-order valence-electron chi connectivity index (χ2n) is 10.1. The zero-order chi connectivity index (χ0) is 25.6. The first-order valence-electron chi connectivity index (χ1n) is 13.6. The fourth-order valence-corrected chi connectivity index (χ4v) is 6.25. The Morgan fingerprint density at radius 3 is 2.74 bits per heavy atom. The molecule has 1 aliphatic carbocycles. The average Bonchev–Trinajstić information content (AvgIpc) is 2.80. The predicted octanol–water partition coefficient (Wildman–Crippen LogP) is 7.91. The highest BCUT2D eigenvalue weighted by atomic mass is 35.5. The van der Waals surface area contributed by atoms with E-state index in [-0.39, 0.29) is 6.10 Å². The lowest BCUT2D eigenvalue weighted by molar-refractivity contribution is -0.0198. The van der Waals surface area contributed by atoms with Crippen molar-refractivity contribution in [1.82, 2.24) is 9.62 Å². The number of halogens is 1. The van der Waals surface area contributed by atoms with E-state index < -0.39 is 0 Å². The summed E-state index contributed by atoms with van der Waals surface area (Å²) in [4.78, 5) is 2.54. The van der Waals surface area contributed by atoms with Crippen LogP contribution in [-0.4, -0.2) is 50.0 Å². The lowest BCUT2D eigenvalue weighted by Crippen LogP contribution is -2.43. The minimum atomic E-state index is 0.246. The second-order valence-corrected chi connectivity index (χ2v) is 12.0. The molecule has 3 nitrogen and oxygen atoms in total. The van der Waals surface area contributed by atoms with Crippen LogP contribution in [0.5, 0.6) is 0 Å². The molecule has 198 valence electrons. The highest BCUT2D eigenvalue weighted by Crippen LogP contribution is 2.39. The molecule has 35 heavy (non-hydrogen) atoms. The van der Waals surface area contributed by atoms with Crippen LogP contribution in [0.15, 0.2) is 43.0 Å². The smallest absolute Gasteiger partial charge is 0.0786 e. The van der Waals surface area contributed by atoms with Crippen LogP contribution in [0.2, 0.25) is 5.02 Å². The topological polar surface area (TPSA) is 24.5 Å². The number of likely N-dealkylation sites (N-methyl/N-ethyl adjacent to an activating group) is 1. The molecule has 1 aromatic rings. The molecule has 0 bridgehead atoms. The van der Waals surface area contributed by atoms with Crippen molar-refractivity contribution >= 4 is 23.5 Å². The first kappa shape index (κ1) is 30.4. The number of benzene rings is 1. The molecule has 1 N–H and O–H groups in total. The second kappa shape index (κ2) is 16.9. The van der Waals surface area contributed by atoms with Crippen LogP contribution < -0.4 is 4.72 Å². The summed E-state index contributed by atoms with van der Waals surface area (Å²) in [7, 11) is 4.28. The molecule has 5 unspecified atom stereocenters. The Bertz CT molecular complexity index is 771. The molecule has 1 aliphatic rings. The van der Waals surface area contributed by atoms with Crippen molar-refractivity contribution in [2.75, 3.05) is 33.8 Å². The number of hydrogen-bond acceptors (Lipinski definition) is 4. The molecule has 5 heteroatoms.